The highest BCUT2D eigenvalue weighted by Gasteiger charge is 2.31. The average Bonchev–Trinajstić information content (AvgIpc) is 3.26. The van der Waals surface area contributed by atoms with Crippen LogP contribution in [0.3, 0.4) is 0 Å². The lowest BCUT2D eigenvalue weighted by Gasteiger charge is -2.19. The van der Waals surface area contributed by atoms with Crippen molar-refractivity contribution in [1.82, 2.24) is 15.0 Å². The first kappa shape index (κ1) is 32.6. The smallest absolute Gasteiger partial charge is 0.208 e. The van der Waals surface area contributed by atoms with Gasteiger partial charge in [-0.2, -0.15) is 0 Å². The minimum absolute atomic E-state index is 0.261. The third kappa shape index (κ3) is 5.54. The van der Waals surface area contributed by atoms with Gasteiger partial charge >= 0.3 is 0 Å². The van der Waals surface area contributed by atoms with Crippen LogP contribution in [-0.4, -0.2) is 23.4 Å². The lowest BCUT2D eigenvalue weighted by atomic mass is 9.85. The Balaban J connectivity index is 1.33. The molecule has 0 bridgehead atoms. The quantitative estimate of drug-likeness (QED) is 0.181. The van der Waals surface area contributed by atoms with Gasteiger partial charge in [-0.05, 0) is 69.1 Å². The van der Waals surface area contributed by atoms with Crippen LogP contribution in [0.4, 0.5) is 0 Å². The third-order valence-corrected chi connectivity index (χ3v) is 12.3. The van der Waals surface area contributed by atoms with Gasteiger partial charge in [0, 0.05) is 45.6 Å². The van der Waals surface area contributed by atoms with Crippen LogP contribution in [0.5, 0.6) is 0 Å². The standard InChI is InChI=1S/C49H31N3O2S/c53-55(54)47-23-11-10-22-42(47)40-21-9-8-19-38(40)37-18-6-7-20-39(37)41-26-25-34(29-44(41)43-27-24-32-13-4-5-17-36(32)48(43)55)49-51-45(33-14-2-1-3-15-33)30-46(52-49)35-16-12-28-50-31-35/h1-31H. The van der Waals surface area contributed by atoms with Crippen molar-refractivity contribution in [2.24, 2.45) is 0 Å². The van der Waals surface area contributed by atoms with Gasteiger partial charge in [-0.25, -0.2) is 18.4 Å². The molecule has 0 saturated carbocycles. The molecule has 3 heterocycles. The van der Waals surface area contributed by atoms with Gasteiger partial charge in [0.15, 0.2) is 5.82 Å². The van der Waals surface area contributed by atoms with Gasteiger partial charge in [0.2, 0.25) is 9.84 Å². The fourth-order valence-corrected chi connectivity index (χ4v) is 9.71. The second-order valence-electron chi connectivity index (χ2n) is 13.6. The zero-order chi connectivity index (χ0) is 36.9. The van der Waals surface area contributed by atoms with E-state index in [9.17, 15) is 0 Å². The summed E-state index contributed by atoms with van der Waals surface area (Å²) in [4.78, 5) is 15.1. The van der Waals surface area contributed by atoms with Gasteiger partial charge in [-0.3, -0.25) is 4.98 Å². The highest BCUT2D eigenvalue weighted by Crippen LogP contribution is 2.48. The summed E-state index contributed by atoms with van der Waals surface area (Å²) in [6, 6.07) is 57.6. The number of nitrogens with zero attached hydrogens (tertiary/aromatic N) is 3. The Morgan fingerprint density at radius 2 is 0.964 bits per heavy atom. The SMILES string of the molecule is O=S1(=O)c2ccccc2-c2ccccc2-c2ccccc2-c2ccc(-c3nc(-c4ccccc4)cc(-c4cccnc4)n3)cc2-c2ccc3ccccc3c21. The summed E-state index contributed by atoms with van der Waals surface area (Å²) in [6.45, 7) is 0. The Bertz CT molecular complexity index is 3000. The molecule has 0 spiro atoms. The van der Waals surface area contributed by atoms with Crippen molar-refractivity contribution in [3.63, 3.8) is 0 Å². The Hall–Kier alpha value is -7.02. The van der Waals surface area contributed by atoms with Crippen LogP contribution in [0.1, 0.15) is 0 Å². The van der Waals surface area contributed by atoms with E-state index in [1.54, 1.807) is 24.5 Å². The molecule has 0 N–H and O–H groups in total. The predicted molar refractivity (Wildman–Crippen MR) is 221 cm³/mol. The van der Waals surface area contributed by atoms with Crippen LogP contribution in [0.25, 0.3) is 89.2 Å². The molecule has 10 rings (SSSR count). The van der Waals surface area contributed by atoms with E-state index in [1.165, 1.54) is 0 Å². The molecular formula is C49H31N3O2S. The summed E-state index contributed by atoms with van der Waals surface area (Å²) >= 11 is 0. The van der Waals surface area contributed by atoms with E-state index in [1.807, 2.05) is 133 Å². The molecule has 5 nitrogen and oxygen atoms in total. The molecule has 0 saturated heterocycles. The van der Waals surface area contributed by atoms with Crippen molar-refractivity contribution >= 4 is 20.6 Å². The highest BCUT2D eigenvalue weighted by molar-refractivity contribution is 7.92. The largest absolute Gasteiger partial charge is 0.264 e. The Morgan fingerprint density at radius 1 is 0.400 bits per heavy atom. The van der Waals surface area contributed by atoms with Gasteiger partial charge in [-0.1, -0.05) is 146 Å². The number of aromatic nitrogens is 3. The number of hydrogen-bond donors (Lipinski definition) is 0. The van der Waals surface area contributed by atoms with Gasteiger partial charge in [0.25, 0.3) is 0 Å². The van der Waals surface area contributed by atoms with E-state index < -0.39 is 9.84 Å². The molecule has 7 aromatic carbocycles. The van der Waals surface area contributed by atoms with E-state index >= 15 is 8.42 Å². The number of sulfone groups is 1. The molecular weight excluding hydrogens is 695 g/mol. The van der Waals surface area contributed by atoms with E-state index in [4.69, 9.17) is 9.97 Å². The fourth-order valence-electron chi connectivity index (χ4n) is 7.82. The fraction of sp³-hybridized carbons (Fsp3) is 0. The third-order valence-electron chi connectivity index (χ3n) is 10.4. The highest BCUT2D eigenvalue weighted by atomic mass is 32.2. The molecule has 2 aromatic heterocycles. The van der Waals surface area contributed by atoms with Crippen LogP contribution >= 0.6 is 0 Å². The maximum atomic E-state index is 15.5. The molecule has 0 amide bonds. The van der Waals surface area contributed by atoms with Crippen LogP contribution in [-0.2, 0) is 9.84 Å². The molecule has 9 aromatic rings. The van der Waals surface area contributed by atoms with Gasteiger partial charge in [-0.15, -0.1) is 0 Å². The lowest BCUT2D eigenvalue weighted by molar-refractivity contribution is 0.597. The summed E-state index contributed by atoms with van der Waals surface area (Å²) in [6.07, 6.45) is 3.55. The van der Waals surface area contributed by atoms with Crippen LogP contribution in [0.2, 0.25) is 0 Å². The normalized spacial score (nSPS) is 12.7. The monoisotopic (exact) mass is 725 g/mol. The first-order valence-electron chi connectivity index (χ1n) is 18.1. The minimum atomic E-state index is -4.12. The second kappa shape index (κ2) is 13.1. The maximum absolute atomic E-state index is 15.5. The van der Waals surface area contributed by atoms with Crippen molar-refractivity contribution in [3.8, 4) is 78.4 Å². The Kier molecular flexibility index (Phi) is 7.79. The average molecular weight is 726 g/mol. The molecule has 6 heteroatoms. The second-order valence-corrected chi connectivity index (χ2v) is 15.4. The molecule has 0 radical (unpaired) electrons. The van der Waals surface area contributed by atoms with Gasteiger partial charge in [0.05, 0.1) is 21.2 Å². The summed E-state index contributed by atoms with van der Waals surface area (Å²) in [5.74, 6) is 0.520. The maximum Gasteiger partial charge on any atom is 0.208 e. The minimum Gasteiger partial charge on any atom is -0.264 e. The van der Waals surface area contributed by atoms with Crippen LogP contribution < -0.4 is 0 Å². The molecule has 0 atom stereocenters. The molecule has 0 aliphatic carbocycles. The number of fused-ring (bicyclic) bond motifs is 11. The molecule has 1 aliphatic rings. The molecule has 55 heavy (non-hydrogen) atoms. The number of rotatable bonds is 3. The zero-order valence-electron chi connectivity index (χ0n) is 29.5. The van der Waals surface area contributed by atoms with Gasteiger partial charge in [0.1, 0.15) is 0 Å². The van der Waals surface area contributed by atoms with E-state index in [0.717, 1.165) is 66.8 Å². The number of hydrogen-bond acceptors (Lipinski definition) is 5. The van der Waals surface area contributed by atoms with E-state index in [2.05, 4.69) is 35.3 Å². The Labute approximate surface area is 319 Å². The summed E-state index contributed by atoms with van der Waals surface area (Å²) in [5, 5.41) is 1.50. The van der Waals surface area contributed by atoms with Crippen molar-refractivity contribution in [1.29, 1.82) is 0 Å². The first-order valence-corrected chi connectivity index (χ1v) is 19.6. The number of benzene rings is 7. The van der Waals surface area contributed by atoms with Crippen LogP contribution in [0.15, 0.2) is 198 Å². The van der Waals surface area contributed by atoms with Gasteiger partial charge < -0.3 is 0 Å². The number of pyridine rings is 1. The van der Waals surface area contributed by atoms with E-state index in [-0.39, 0.29) is 9.79 Å². The zero-order valence-corrected chi connectivity index (χ0v) is 30.3. The van der Waals surface area contributed by atoms with Crippen molar-refractivity contribution in [2.45, 2.75) is 9.79 Å². The predicted octanol–water partition coefficient (Wildman–Crippen LogP) is 11.8. The topological polar surface area (TPSA) is 72.8 Å². The Morgan fingerprint density at radius 3 is 1.67 bits per heavy atom. The first-order chi connectivity index (χ1) is 27.0. The van der Waals surface area contributed by atoms with Crippen molar-refractivity contribution < 1.29 is 8.42 Å². The van der Waals surface area contributed by atoms with Crippen LogP contribution in [0, 0.1) is 0 Å². The van der Waals surface area contributed by atoms with Crippen molar-refractivity contribution in [3.05, 3.63) is 188 Å². The summed E-state index contributed by atoms with van der Waals surface area (Å²) in [7, 11) is -4.12. The summed E-state index contributed by atoms with van der Waals surface area (Å²) in [5.41, 5.74) is 10.8. The lowest BCUT2D eigenvalue weighted by Crippen LogP contribution is -2.07. The van der Waals surface area contributed by atoms with Crippen molar-refractivity contribution in [2.75, 3.05) is 0 Å². The molecule has 260 valence electrons. The molecule has 0 unspecified atom stereocenters. The summed E-state index contributed by atoms with van der Waals surface area (Å²) < 4.78 is 31.0. The van der Waals surface area contributed by atoms with E-state index in [0.29, 0.717) is 22.3 Å². The molecule has 1 aliphatic heterocycles. The molecule has 0 fully saturated rings.